The number of carbonyl (C=O) groups is 1. The minimum Gasteiger partial charge on any atom is -0.331 e. The second-order valence-electron chi connectivity index (χ2n) is 4.89. The van der Waals surface area contributed by atoms with Gasteiger partial charge in [0.15, 0.2) is 0 Å². The molecule has 1 unspecified atom stereocenters. The molecule has 0 saturated heterocycles. The third-order valence-electron chi connectivity index (χ3n) is 3.11. The highest BCUT2D eigenvalue weighted by Crippen LogP contribution is 2.12. The Morgan fingerprint density at radius 3 is 2.27 bits per heavy atom. The van der Waals surface area contributed by atoms with Crippen molar-refractivity contribution >= 4 is 16.1 Å². The Balaban J connectivity index is 2.03. The van der Waals surface area contributed by atoms with Crippen LogP contribution in [-0.4, -0.2) is 19.4 Å². The van der Waals surface area contributed by atoms with Gasteiger partial charge in [-0.1, -0.05) is 17.7 Å². The number of aromatic nitrogens is 1. The van der Waals surface area contributed by atoms with E-state index >= 15 is 0 Å². The van der Waals surface area contributed by atoms with Crippen LogP contribution in [-0.2, 0) is 10.0 Å². The van der Waals surface area contributed by atoms with Gasteiger partial charge in [0.25, 0.3) is 10.0 Å². The molecule has 1 aromatic heterocycles. The maximum absolute atomic E-state index is 12.1. The normalized spacial score (nSPS) is 12.5. The molecule has 2 amide bonds. The first kappa shape index (κ1) is 16.0. The van der Waals surface area contributed by atoms with E-state index < -0.39 is 16.1 Å². The van der Waals surface area contributed by atoms with E-state index in [1.807, 2.05) is 11.6 Å². The Morgan fingerprint density at radius 2 is 1.68 bits per heavy atom. The van der Waals surface area contributed by atoms with Crippen LogP contribution in [0.3, 0.4) is 0 Å². The van der Waals surface area contributed by atoms with Crippen molar-refractivity contribution < 1.29 is 13.2 Å². The largest absolute Gasteiger partial charge is 0.331 e. The molecule has 0 fully saturated rings. The van der Waals surface area contributed by atoms with Crippen LogP contribution in [0.1, 0.15) is 24.1 Å². The molecule has 6 nitrogen and oxygen atoms in total. The van der Waals surface area contributed by atoms with E-state index in [1.54, 1.807) is 43.6 Å². The monoisotopic (exact) mass is 319 g/mol. The van der Waals surface area contributed by atoms with Crippen molar-refractivity contribution in [2.75, 3.05) is 0 Å². The lowest BCUT2D eigenvalue weighted by Crippen LogP contribution is -2.40. The second-order valence-corrected chi connectivity index (χ2v) is 6.58. The molecule has 0 saturated carbocycles. The van der Waals surface area contributed by atoms with Gasteiger partial charge in [0.05, 0.1) is 10.9 Å². The summed E-state index contributed by atoms with van der Waals surface area (Å²) in [5.41, 5.74) is 1.77. The van der Waals surface area contributed by atoms with Crippen LogP contribution in [0.2, 0.25) is 0 Å². The topological polar surface area (TPSA) is 88.2 Å². The van der Waals surface area contributed by atoms with Crippen LogP contribution in [0, 0.1) is 6.92 Å². The minimum atomic E-state index is -3.88. The molecule has 1 aromatic carbocycles. The summed E-state index contributed by atoms with van der Waals surface area (Å²) in [4.78, 5) is 15.8. The summed E-state index contributed by atoms with van der Waals surface area (Å²) in [6.45, 7) is 3.61. The van der Waals surface area contributed by atoms with E-state index in [2.05, 4.69) is 10.3 Å². The van der Waals surface area contributed by atoms with Gasteiger partial charge < -0.3 is 5.32 Å². The smallest absolute Gasteiger partial charge is 0.329 e. The summed E-state index contributed by atoms with van der Waals surface area (Å²) in [7, 11) is -3.88. The summed E-state index contributed by atoms with van der Waals surface area (Å²) in [5.74, 6) is 0. The zero-order valence-corrected chi connectivity index (χ0v) is 13.1. The van der Waals surface area contributed by atoms with Crippen molar-refractivity contribution in [1.29, 1.82) is 0 Å². The Bertz CT molecular complexity index is 743. The van der Waals surface area contributed by atoms with Crippen molar-refractivity contribution in [3.8, 4) is 0 Å². The van der Waals surface area contributed by atoms with Gasteiger partial charge in [-0.25, -0.2) is 17.9 Å². The summed E-state index contributed by atoms with van der Waals surface area (Å²) in [5, 5.41) is 2.58. The first-order valence-corrected chi connectivity index (χ1v) is 8.17. The van der Waals surface area contributed by atoms with Crippen LogP contribution < -0.4 is 10.0 Å². The molecule has 2 N–H and O–H groups in total. The van der Waals surface area contributed by atoms with Gasteiger partial charge >= 0.3 is 6.03 Å². The average molecular weight is 319 g/mol. The van der Waals surface area contributed by atoms with Crippen molar-refractivity contribution in [2.24, 2.45) is 0 Å². The summed E-state index contributed by atoms with van der Waals surface area (Å²) in [6.07, 6.45) is 3.21. The predicted octanol–water partition coefficient (Wildman–Crippen LogP) is 2.14. The fraction of sp³-hybridized carbons (Fsp3) is 0.200. The maximum atomic E-state index is 12.1. The maximum Gasteiger partial charge on any atom is 0.329 e. The molecule has 0 bridgehead atoms. The quantitative estimate of drug-likeness (QED) is 0.903. The molecular formula is C15H17N3O3S. The van der Waals surface area contributed by atoms with Gasteiger partial charge in [-0.2, -0.15) is 0 Å². The lowest BCUT2D eigenvalue weighted by atomic mass is 10.1. The summed E-state index contributed by atoms with van der Waals surface area (Å²) in [6, 6.07) is 8.65. The SMILES string of the molecule is Cc1ccc(S(=O)(=O)NC(=O)NC(C)c2ccncc2)cc1. The van der Waals surface area contributed by atoms with Crippen LogP contribution in [0.5, 0.6) is 0 Å². The lowest BCUT2D eigenvalue weighted by molar-refractivity contribution is 0.243. The Labute approximate surface area is 129 Å². The van der Waals surface area contributed by atoms with E-state index in [-0.39, 0.29) is 10.9 Å². The number of hydrogen-bond donors (Lipinski definition) is 2. The van der Waals surface area contributed by atoms with Crippen LogP contribution in [0.4, 0.5) is 4.79 Å². The van der Waals surface area contributed by atoms with Crippen molar-refractivity contribution in [2.45, 2.75) is 24.8 Å². The van der Waals surface area contributed by atoms with Gasteiger partial charge in [-0.05, 0) is 43.7 Å². The zero-order chi connectivity index (χ0) is 16.2. The first-order chi connectivity index (χ1) is 10.4. The molecule has 116 valence electrons. The van der Waals surface area contributed by atoms with E-state index in [1.165, 1.54) is 12.1 Å². The third-order valence-corrected chi connectivity index (χ3v) is 4.46. The number of aryl methyl sites for hydroxylation is 1. The van der Waals surface area contributed by atoms with Gasteiger partial charge in [-0.15, -0.1) is 0 Å². The minimum absolute atomic E-state index is 0.0461. The average Bonchev–Trinajstić information content (AvgIpc) is 2.48. The molecule has 1 heterocycles. The van der Waals surface area contributed by atoms with Crippen molar-refractivity contribution in [3.63, 3.8) is 0 Å². The standard InChI is InChI=1S/C15H17N3O3S/c1-11-3-5-14(6-4-11)22(20,21)18-15(19)17-12(2)13-7-9-16-10-8-13/h3-10,12H,1-2H3,(H2,17,18,19). The van der Waals surface area contributed by atoms with Crippen LogP contribution >= 0.6 is 0 Å². The third kappa shape index (κ3) is 4.05. The number of sulfonamides is 1. The number of hydrogen-bond acceptors (Lipinski definition) is 4. The lowest BCUT2D eigenvalue weighted by Gasteiger charge is -2.15. The summed E-state index contributed by atoms with van der Waals surface area (Å²) < 4.78 is 26.2. The molecule has 7 heteroatoms. The van der Waals surface area contributed by atoms with E-state index in [9.17, 15) is 13.2 Å². The van der Waals surface area contributed by atoms with Crippen molar-refractivity contribution in [3.05, 3.63) is 59.9 Å². The number of rotatable bonds is 4. The van der Waals surface area contributed by atoms with Crippen molar-refractivity contribution in [1.82, 2.24) is 15.0 Å². The number of nitrogens with one attached hydrogen (secondary N) is 2. The number of nitrogens with zero attached hydrogens (tertiary/aromatic N) is 1. The Morgan fingerprint density at radius 1 is 1.09 bits per heavy atom. The predicted molar refractivity (Wildman–Crippen MR) is 82.7 cm³/mol. The Hall–Kier alpha value is -2.41. The molecule has 2 aromatic rings. The van der Waals surface area contributed by atoms with E-state index in [0.717, 1.165) is 11.1 Å². The van der Waals surface area contributed by atoms with Gasteiger partial charge in [0, 0.05) is 12.4 Å². The van der Waals surface area contributed by atoms with Crippen LogP contribution in [0.25, 0.3) is 0 Å². The van der Waals surface area contributed by atoms with Gasteiger partial charge in [-0.3, -0.25) is 4.98 Å². The molecule has 0 aliphatic carbocycles. The van der Waals surface area contributed by atoms with Gasteiger partial charge in [0.1, 0.15) is 0 Å². The molecule has 0 aliphatic heterocycles. The highest BCUT2D eigenvalue weighted by atomic mass is 32.2. The first-order valence-electron chi connectivity index (χ1n) is 6.68. The fourth-order valence-corrected chi connectivity index (χ4v) is 2.78. The second kappa shape index (κ2) is 6.57. The number of amides is 2. The zero-order valence-electron chi connectivity index (χ0n) is 12.3. The number of benzene rings is 1. The highest BCUT2D eigenvalue weighted by Gasteiger charge is 2.18. The number of pyridine rings is 1. The van der Waals surface area contributed by atoms with Gasteiger partial charge in [0.2, 0.25) is 0 Å². The molecule has 1 atom stereocenters. The molecule has 22 heavy (non-hydrogen) atoms. The highest BCUT2D eigenvalue weighted by molar-refractivity contribution is 7.90. The summed E-state index contributed by atoms with van der Waals surface area (Å²) >= 11 is 0. The molecule has 0 radical (unpaired) electrons. The van der Waals surface area contributed by atoms with E-state index in [0.29, 0.717) is 0 Å². The molecule has 0 spiro atoms. The number of carbonyl (C=O) groups excluding carboxylic acids is 1. The van der Waals surface area contributed by atoms with Crippen LogP contribution in [0.15, 0.2) is 53.7 Å². The Kier molecular flexibility index (Phi) is 4.77. The molecule has 2 rings (SSSR count). The number of urea groups is 1. The van der Waals surface area contributed by atoms with E-state index in [4.69, 9.17) is 0 Å². The fourth-order valence-electron chi connectivity index (χ4n) is 1.86. The molecular weight excluding hydrogens is 302 g/mol. The molecule has 0 aliphatic rings.